The summed E-state index contributed by atoms with van der Waals surface area (Å²) < 4.78 is 27.3. The van der Waals surface area contributed by atoms with Crippen molar-refractivity contribution in [1.82, 2.24) is 4.31 Å². The van der Waals surface area contributed by atoms with Crippen LogP contribution in [0.2, 0.25) is 0 Å². The number of hydrogen-bond donors (Lipinski definition) is 2. The van der Waals surface area contributed by atoms with Crippen LogP contribution in [0.5, 0.6) is 5.75 Å². The summed E-state index contributed by atoms with van der Waals surface area (Å²) in [6.45, 7) is 3.89. The molecule has 2 aromatic carbocycles. The minimum atomic E-state index is -3.77. The van der Waals surface area contributed by atoms with Gasteiger partial charge in [-0.2, -0.15) is 4.31 Å². The minimum Gasteiger partial charge on any atom is -0.508 e. The zero-order valence-corrected chi connectivity index (χ0v) is 15.4. The van der Waals surface area contributed by atoms with Crippen LogP contribution >= 0.6 is 0 Å². The van der Waals surface area contributed by atoms with E-state index in [2.05, 4.69) is 0 Å². The predicted octanol–water partition coefficient (Wildman–Crippen LogP) is 3.09. The van der Waals surface area contributed by atoms with E-state index in [1.54, 1.807) is 19.1 Å². The molecule has 0 aliphatic carbocycles. The van der Waals surface area contributed by atoms with E-state index in [1.165, 1.54) is 28.6 Å². The number of nitrogens with zero attached hydrogens (tertiary/aromatic N) is 1. The van der Waals surface area contributed by atoms with Crippen LogP contribution < -0.4 is 0 Å². The maximum Gasteiger partial charge on any atom is 0.243 e. The van der Waals surface area contributed by atoms with Crippen molar-refractivity contribution in [2.45, 2.75) is 37.2 Å². The Balaban J connectivity index is 2.33. The van der Waals surface area contributed by atoms with Crippen molar-refractivity contribution in [3.8, 4) is 5.75 Å². The van der Waals surface area contributed by atoms with Crippen molar-refractivity contribution >= 4 is 10.0 Å². The number of rotatable bonds is 8. The molecule has 0 fully saturated rings. The first-order valence-electron chi connectivity index (χ1n) is 8.34. The highest BCUT2D eigenvalue weighted by molar-refractivity contribution is 7.89. The summed E-state index contributed by atoms with van der Waals surface area (Å²) in [6, 6.07) is 14.5. The molecule has 0 amide bonds. The maximum atomic E-state index is 13.0. The summed E-state index contributed by atoms with van der Waals surface area (Å²) in [6.07, 6.45) is 1.54. The Morgan fingerprint density at radius 1 is 1.04 bits per heavy atom. The molecule has 5 nitrogen and oxygen atoms in total. The average Bonchev–Trinajstić information content (AvgIpc) is 2.59. The van der Waals surface area contributed by atoms with Crippen LogP contribution in [-0.4, -0.2) is 36.0 Å². The Hall–Kier alpha value is -1.89. The first-order chi connectivity index (χ1) is 11.8. The molecule has 2 rings (SSSR count). The Labute approximate surface area is 149 Å². The van der Waals surface area contributed by atoms with E-state index in [1.807, 2.05) is 25.1 Å². The molecule has 0 aliphatic rings. The molecule has 2 N–H and O–H groups in total. The molecule has 25 heavy (non-hydrogen) atoms. The van der Waals surface area contributed by atoms with Crippen LogP contribution in [0.1, 0.15) is 32.3 Å². The second kappa shape index (κ2) is 7.99. The molecule has 0 saturated carbocycles. The van der Waals surface area contributed by atoms with Gasteiger partial charge >= 0.3 is 0 Å². The molecule has 0 saturated heterocycles. The van der Waals surface area contributed by atoms with Gasteiger partial charge in [0.05, 0.1) is 4.90 Å². The van der Waals surface area contributed by atoms with Crippen LogP contribution in [0.4, 0.5) is 0 Å². The van der Waals surface area contributed by atoms with E-state index in [9.17, 15) is 18.6 Å². The molecular formula is C19H25NO4S. The van der Waals surface area contributed by atoms with Gasteiger partial charge in [-0.1, -0.05) is 43.7 Å². The molecule has 0 spiro atoms. The van der Waals surface area contributed by atoms with Crippen molar-refractivity contribution in [1.29, 1.82) is 0 Å². The average molecular weight is 363 g/mol. The third kappa shape index (κ3) is 4.81. The lowest BCUT2D eigenvalue weighted by molar-refractivity contribution is 0.0369. The summed E-state index contributed by atoms with van der Waals surface area (Å²) >= 11 is 0. The zero-order chi connectivity index (χ0) is 18.5. The van der Waals surface area contributed by atoms with E-state index in [4.69, 9.17) is 0 Å². The SMILES string of the molecule is CCCCN(CC(C)(O)c1ccccc1)S(=O)(=O)c1ccc(O)cc1. The standard InChI is InChI=1S/C19H25NO4S/c1-3-4-14-20(15-19(2,22)16-8-6-5-7-9-16)25(23,24)18-12-10-17(21)11-13-18/h5-13,21-22H,3-4,14-15H2,1-2H3. The first kappa shape index (κ1) is 19.4. The molecule has 0 bridgehead atoms. The number of sulfonamides is 1. The van der Waals surface area contributed by atoms with Gasteiger partial charge in [-0.05, 0) is 43.2 Å². The lowest BCUT2D eigenvalue weighted by atomic mass is 9.96. The summed E-state index contributed by atoms with van der Waals surface area (Å²) in [5, 5.41) is 20.3. The Morgan fingerprint density at radius 3 is 2.20 bits per heavy atom. The van der Waals surface area contributed by atoms with Crippen LogP contribution in [-0.2, 0) is 15.6 Å². The van der Waals surface area contributed by atoms with Crippen molar-refractivity contribution in [3.05, 3.63) is 60.2 Å². The van der Waals surface area contributed by atoms with Crippen molar-refractivity contribution in [3.63, 3.8) is 0 Å². The number of unbranched alkanes of at least 4 members (excludes halogenated alkanes) is 1. The van der Waals surface area contributed by atoms with Crippen molar-refractivity contribution < 1.29 is 18.6 Å². The van der Waals surface area contributed by atoms with E-state index >= 15 is 0 Å². The fraction of sp³-hybridized carbons (Fsp3) is 0.368. The van der Waals surface area contributed by atoms with Gasteiger partial charge in [-0.3, -0.25) is 0 Å². The monoisotopic (exact) mass is 363 g/mol. The highest BCUT2D eigenvalue weighted by Crippen LogP contribution is 2.26. The lowest BCUT2D eigenvalue weighted by Crippen LogP contribution is -2.42. The van der Waals surface area contributed by atoms with Gasteiger partial charge in [0.2, 0.25) is 10.0 Å². The molecular weight excluding hydrogens is 338 g/mol. The van der Waals surface area contributed by atoms with Gasteiger partial charge in [0.25, 0.3) is 0 Å². The molecule has 6 heteroatoms. The summed E-state index contributed by atoms with van der Waals surface area (Å²) in [4.78, 5) is 0.102. The van der Waals surface area contributed by atoms with Crippen molar-refractivity contribution in [2.75, 3.05) is 13.1 Å². The van der Waals surface area contributed by atoms with Crippen LogP contribution in [0.25, 0.3) is 0 Å². The molecule has 0 radical (unpaired) electrons. The normalized spacial score (nSPS) is 14.4. The molecule has 0 aromatic heterocycles. The Kier molecular flexibility index (Phi) is 6.21. The van der Waals surface area contributed by atoms with Gasteiger partial charge in [0.15, 0.2) is 0 Å². The highest BCUT2D eigenvalue weighted by atomic mass is 32.2. The lowest BCUT2D eigenvalue weighted by Gasteiger charge is -2.31. The van der Waals surface area contributed by atoms with Gasteiger partial charge in [0.1, 0.15) is 11.4 Å². The zero-order valence-electron chi connectivity index (χ0n) is 14.6. The number of hydrogen-bond acceptors (Lipinski definition) is 4. The number of aliphatic hydroxyl groups is 1. The third-order valence-corrected chi connectivity index (χ3v) is 5.97. The molecule has 1 unspecified atom stereocenters. The minimum absolute atomic E-state index is 0.00957. The topological polar surface area (TPSA) is 77.8 Å². The molecule has 0 aliphatic heterocycles. The van der Waals surface area contributed by atoms with Crippen LogP contribution in [0.3, 0.4) is 0 Å². The number of aromatic hydroxyl groups is 1. The fourth-order valence-corrected chi connectivity index (χ4v) is 4.19. The number of phenols is 1. The fourth-order valence-electron chi connectivity index (χ4n) is 2.62. The van der Waals surface area contributed by atoms with Gasteiger partial charge < -0.3 is 10.2 Å². The van der Waals surface area contributed by atoms with Crippen molar-refractivity contribution in [2.24, 2.45) is 0 Å². The summed E-state index contributed by atoms with van der Waals surface area (Å²) in [5.74, 6) is 0.00957. The molecule has 136 valence electrons. The quantitative estimate of drug-likeness (QED) is 0.755. The Bertz CT molecular complexity index is 771. The van der Waals surface area contributed by atoms with Gasteiger partial charge in [-0.15, -0.1) is 0 Å². The van der Waals surface area contributed by atoms with Crippen LogP contribution in [0, 0.1) is 0 Å². The third-order valence-electron chi connectivity index (χ3n) is 4.12. The van der Waals surface area contributed by atoms with Crippen LogP contribution in [0.15, 0.2) is 59.5 Å². The summed E-state index contributed by atoms with van der Waals surface area (Å²) in [7, 11) is -3.77. The highest BCUT2D eigenvalue weighted by Gasteiger charge is 2.33. The van der Waals surface area contributed by atoms with E-state index < -0.39 is 15.6 Å². The molecule has 1 atom stereocenters. The van der Waals surface area contributed by atoms with Gasteiger partial charge in [-0.25, -0.2) is 8.42 Å². The number of phenolic OH excluding ortho intramolecular Hbond substituents is 1. The second-order valence-electron chi connectivity index (χ2n) is 6.33. The second-order valence-corrected chi connectivity index (χ2v) is 8.26. The smallest absolute Gasteiger partial charge is 0.243 e. The van der Waals surface area contributed by atoms with E-state index in [0.29, 0.717) is 18.5 Å². The van der Waals surface area contributed by atoms with E-state index in [-0.39, 0.29) is 17.2 Å². The van der Waals surface area contributed by atoms with E-state index in [0.717, 1.165) is 6.42 Å². The predicted molar refractivity (Wildman–Crippen MR) is 97.8 cm³/mol. The maximum absolute atomic E-state index is 13.0. The molecule has 0 heterocycles. The number of benzene rings is 2. The van der Waals surface area contributed by atoms with Gasteiger partial charge in [0, 0.05) is 13.1 Å². The Morgan fingerprint density at radius 2 is 1.64 bits per heavy atom. The summed E-state index contributed by atoms with van der Waals surface area (Å²) in [5.41, 5.74) is -0.642. The largest absolute Gasteiger partial charge is 0.508 e. The molecule has 2 aromatic rings. The first-order valence-corrected chi connectivity index (χ1v) is 9.78.